The average Bonchev–Trinajstić information content (AvgIpc) is 3.04. The fraction of sp³-hybridized carbons (Fsp3) is 0.0952. The molecule has 1 aliphatic rings. The molecular formula is C21H16FN3O3S. The van der Waals surface area contributed by atoms with Crippen molar-refractivity contribution in [1.82, 2.24) is 15.2 Å². The smallest absolute Gasteiger partial charge is 0.263 e. The molecule has 0 radical (unpaired) electrons. The van der Waals surface area contributed by atoms with E-state index in [1.807, 2.05) is 35.0 Å². The number of fused-ring (bicyclic) bond motifs is 1. The van der Waals surface area contributed by atoms with E-state index < -0.39 is 17.6 Å². The van der Waals surface area contributed by atoms with Crippen molar-refractivity contribution in [2.45, 2.75) is 6.54 Å². The molecule has 0 unspecified atom stereocenters. The van der Waals surface area contributed by atoms with Gasteiger partial charge in [0.2, 0.25) is 0 Å². The van der Waals surface area contributed by atoms with Crippen molar-refractivity contribution in [1.29, 1.82) is 0 Å². The van der Waals surface area contributed by atoms with Crippen LogP contribution in [0.5, 0.6) is 5.75 Å². The Labute approximate surface area is 171 Å². The van der Waals surface area contributed by atoms with E-state index in [-0.39, 0.29) is 23.0 Å². The summed E-state index contributed by atoms with van der Waals surface area (Å²) in [5.41, 5.74) is 1.59. The molecule has 1 aromatic heterocycles. The molecule has 0 atom stereocenters. The Balaban J connectivity index is 1.61. The van der Waals surface area contributed by atoms with Gasteiger partial charge in [-0.3, -0.25) is 20.2 Å². The number of aromatic nitrogens is 1. The van der Waals surface area contributed by atoms with Crippen LogP contribution < -0.4 is 15.4 Å². The summed E-state index contributed by atoms with van der Waals surface area (Å²) in [6.45, 7) is 0.714. The van der Waals surface area contributed by atoms with Gasteiger partial charge in [-0.25, -0.2) is 4.39 Å². The molecule has 1 fully saturated rings. The van der Waals surface area contributed by atoms with Crippen LogP contribution in [0.3, 0.4) is 0 Å². The standard InChI is InChI=1S/C21H16FN3O3S/c22-16-6-2-4-8-18(16)28-10-9-25-12-13(14-5-1-3-7-17(14)25)11-15-19(26)23-21(29)24-20(15)27/h1-8,11-12H,9-10H2,(H2,23,24,26,27,29). The Morgan fingerprint density at radius 3 is 2.48 bits per heavy atom. The molecule has 0 spiro atoms. The third kappa shape index (κ3) is 3.88. The van der Waals surface area contributed by atoms with Crippen molar-refractivity contribution in [3.05, 3.63) is 71.7 Å². The van der Waals surface area contributed by atoms with Crippen LogP contribution in [0.25, 0.3) is 17.0 Å². The summed E-state index contributed by atoms with van der Waals surface area (Å²) in [6.07, 6.45) is 3.36. The van der Waals surface area contributed by atoms with Crippen LogP contribution in [0.1, 0.15) is 5.56 Å². The summed E-state index contributed by atoms with van der Waals surface area (Å²) in [5, 5.41) is 5.71. The molecule has 2 N–H and O–H groups in total. The Morgan fingerprint density at radius 2 is 1.72 bits per heavy atom. The Bertz CT molecular complexity index is 1150. The first-order chi connectivity index (χ1) is 14.0. The molecule has 3 aromatic rings. The number of benzene rings is 2. The van der Waals surface area contributed by atoms with Gasteiger partial charge < -0.3 is 9.30 Å². The van der Waals surface area contributed by atoms with Crippen LogP contribution in [0, 0.1) is 5.82 Å². The highest BCUT2D eigenvalue weighted by atomic mass is 32.1. The fourth-order valence-electron chi connectivity index (χ4n) is 3.15. The lowest BCUT2D eigenvalue weighted by atomic mass is 10.1. The predicted octanol–water partition coefficient (Wildman–Crippen LogP) is 2.77. The van der Waals surface area contributed by atoms with E-state index in [4.69, 9.17) is 17.0 Å². The quantitative estimate of drug-likeness (QED) is 0.386. The topological polar surface area (TPSA) is 72.4 Å². The van der Waals surface area contributed by atoms with Gasteiger partial charge in [-0.2, -0.15) is 0 Å². The van der Waals surface area contributed by atoms with Crippen LogP contribution >= 0.6 is 12.2 Å². The zero-order valence-electron chi connectivity index (χ0n) is 15.1. The summed E-state index contributed by atoms with van der Waals surface area (Å²) in [5.74, 6) is -1.31. The van der Waals surface area contributed by atoms with Gasteiger partial charge in [-0.15, -0.1) is 0 Å². The van der Waals surface area contributed by atoms with Crippen molar-refractivity contribution >= 4 is 46.1 Å². The van der Waals surface area contributed by atoms with E-state index in [1.54, 1.807) is 18.2 Å². The van der Waals surface area contributed by atoms with Gasteiger partial charge in [0.05, 0.1) is 6.54 Å². The van der Waals surface area contributed by atoms with E-state index in [2.05, 4.69) is 10.6 Å². The molecule has 0 bridgehead atoms. The molecule has 146 valence electrons. The molecule has 4 rings (SSSR count). The van der Waals surface area contributed by atoms with E-state index >= 15 is 0 Å². The maximum Gasteiger partial charge on any atom is 0.263 e. The minimum Gasteiger partial charge on any atom is -0.489 e. The summed E-state index contributed by atoms with van der Waals surface area (Å²) in [6, 6.07) is 13.8. The van der Waals surface area contributed by atoms with Gasteiger partial charge in [0.1, 0.15) is 12.2 Å². The van der Waals surface area contributed by atoms with Gasteiger partial charge in [0.25, 0.3) is 11.8 Å². The van der Waals surface area contributed by atoms with Crippen molar-refractivity contribution in [2.24, 2.45) is 0 Å². The van der Waals surface area contributed by atoms with Gasteiger partial charge in [0, 0.05) is 22.7 Å². The van der Waals surface area contributed by atoms with Gasteiger partial charge >= 0.3 is 0 Å². The minimum atomic E-state index is -0.543. The number of carbonyl (C=O) groups excluding carboxylic acids is 2. The fourth-order valence-corrected chi connectivity index (χ4v) is 3.34. The number of para-hydroxylation sites is 2. The molecule has 0 saturated carbocycles. The summed E-state index contributed by atoms with van der Waals surface area (Å²) in [7, 11) is 0. The summed E-state index contributed by atoms with van der Waals surface area (Å²) < 4.78 is 21.2. The number of ether oxygens (including phenoxy) is 1. The number of amides is 2. The first kappa shape index (κ1) is 18.8. The van der Waals surface area contributed by atoms with Crippen LogP contribution in [-0.4, -0.2) is 28.1 Å². The van der Waals surface area contributed by atoms with Gasteiger partial charge in [-0.05, 0) is 36.5 Å². The highest BCUT2D eigenvalue weighted by Crippen LogP contribution is 2.24. The predicted molar refractivity (Wildman–Crippen MR) is 111 cm³/mol. The average molecular weight is 409 g/mol. The monoisotopic (exact) mass is 409 g/mol. The van der Waals surface area contributed by atoms with Crippen LogP contribution in [0.15, 0.2) is 60.3 Å². The number of hydrogen-bond donors (Lipinski definition) is 2. The Morgan fingerprint density at radius 1 is 1.03 bits per heavy atom. The molecule has 1 aliphatic heterocycles. The molecule has 2 aromatic carbocycles. The number of nitrogens with one attached hydrogen (secondary N) is 2. The molecule has 6 nitrogen and oxygen atoms in total. The lowest BCUT2D eigenvalue weighted by Crippen LogP contribution is -2.51. The largest absolute Gasteiger partial charge is 0.489 e. The number of carbonyl (C=O) groups is 2. The second-order valence-electron chi connectivity index (χ2n) is 6.37. The first-order valence-electron chi connectivity index (χ1n) is 8.86. The van der Waals surface area contributed by atoms with Crippen molar-refractivity contribution in [3.63, 3.8) is 0 Å². The molecular weight excluding hydrogens is 393 g/mol. The molecule has 29 heavy (non-hydrogen) atoms. The molecule has 8 heteroatoms. The van der Waals surface area contributed by atoms with E-state index in [0.29, 0.717) is 12.1 Å². The number of nitrogens with zero attached hydrogens (tertiary/aromatic N) is 1. The van der Waals surface area contributed by atoms with Crippen molar-refractivity contribution < 1.29 is 18.7 Å². The second-order valence-corrected chi connectivity index (χ2v) is 6.78. The first-order valence-corrected chi connectivity index (χ1v) is 9.27. The summed E-state index contributed by atoms with van der Waals surface area (Å²) >= 11 is 4.82. The Hall–Kier alpha value is -3.52. The maximum absolute atomic E-state index is 13.7. The lowest BCUT2D eigenvalue weighted by molar-refractivity contribution is -0.123. The van der Waals surface area contributed by atoms with Crippen LogP contribution in [0.2, 0.25) is 0 Å². The van der Waals surface area contributed by atoms with E-state index in [0.717, 1.165) is 10.9 Å². The third-order valence-electron chi connectivity index (χ3n) is 4.49. The summed E-state index contributed by atoms with van der Waals surface area (Å²) in [4.78, 5) is 24.3. The number of rotatable bonds is 5. The highest BCUT2D eigenvalue weighted by molar-refractivity contribution is 7.80. The SMILES string of the molecule is O=C1NC(=S)NC(=O)C1=Cc1cn(CCOc2ccccc2F)c2ccccc12. The normalized spacial score (nSPS) is 14.0. The molecule has 0 aliphatic carbocycles. The number of hydrogen-bond acceptors (Lipinski definition) is 4. The van der Waals surface area contributed by atoms with Crippen molar-refractivity contribution in [3.8, 4) is 5.75 Å². The lowest BCUT2D eigenvalue weighted by Gasteiger charge is -2.16. The van der Waals surface area contributed by atoms with Crippen LogP contribution in [0.4, 0.5) is 4.39 Å². The zero-order valence-corrected chi connectivity index (χ0v) is 16.0. The zero-order chi connectivity index (χ0) is 20.4. The molecule has 1 saturated heterocycles. The Kier molecular flexibility index (Phi) is 5.09. The second kappa shape index (κ2) is 7.84. The highest BCUT2D eigenvalue weighted by Gasteiger charge is 2.26. The van der Waals surface area contributed by atoms with E-state index in [1.165, 1.54) is 12.1 Å². The van der Waals surface area contributed by atoms with Crippen molar-refractivity contribution in [2.75, 3.05) is 6.61 Å². The van der Waals surface area contributed by atoms with Gasteiger partial charge in [0.15, 0.2) is 16.7 Å². The minimum absolute atomic E-state index is 0.00938. The molecule has 2 heterocycles. The van der Waals surface area contributed by atoms with E-state index in [9.17, 15) is 14.0 Å². The number of halogens is 1. The number of thiocarbonyl (C=S) groups is 1. The maximum atomic E-state index is 13.7. The van der Waals surface area contributed by atoms with Gasteiger partial charge in [-0.1, -0.05) is 30.3 Å². The van der Waals surface area contributed by atoms with Crippen LogP contribution in [-0.2, 0) is 16.1 Å². The molecule has 2 amide bonds. The third-order valence-corrected chi connectivity index (χ3v) is 4.69.